The summed E-state index contributed by atoms with van der Waals surface area (Å²) in [6, 6.07) is 7.91. The number of carbonyl (C=O) groups is 1. The number of benzene rings is 1. The van der Waals surface area contributed by atoms with Crippen LogP contribution in [0, 0.1) is 0 Å². The largest absolute Gasteiger partial charge is 0.413 e. The van der Waals surface area contributed by atoms with Crippen molar-refractivity contribution in [2.75, 3.05) is 12.4 Å². The van der Waals surface area contributed by atoms with E-state index in [1.807, 2.05) is 25.1 Å². The van der Waals surface area contributed by atoms with Crippen molar-refractivity contribution in [2.45, 2.75) is 141 Å². The van der Waals surface area contributed by atoms with Crippen molar-refractivity contribution in [3.63, 3.8) is 0 Å². The molecule has 0 radical (unpaired) electrons. The van der Waals surface area contributed by atoms with Gasteiger partial charge < -0.3 is 9.47 Å². The Hall–Kier alpha value is -1.00. The Labute approximate surface area is 220 Å². The van der Waals surface area contributed by atoms with Gasteiger partial charge in [-0.3, -0.25) is 0 Å². The molecule has 0 aromatic heterocycles. The SMILES string of the molecule is CCCCc1ccccc1C(=O)OC(C)[SH+]CCCCCCCCCCCCCC1CCCCO1. The van der Waals surface area contributed by atoms with Gasteiger partial charge in [-0.15, -0.1) is 0 Å². The molecule has 2 atom stereocenters. The molecule has 1 aromatic rings. The van der Waals surface area contributed by atoms with Crippen LogP contribution in [0.2, 0.25) is 0 Å². The quantitative estimate of drug-likeness (QED) is 0.0770. The molecule has 1 aromatic carbocycles. The molecule has 2 unspecified atom stereocenters. The van der Waals surface area contributed by atoms with Crippen molar-refractivity contribution in [3.8, 4) is 0 Å². The molecular weight excluding hydrogens is 452 g/mol. The standard InChI is InChI=1S/C31H52O3S/c1-3-4-20-28-21-15-16-24-30(28)31(32)34-27(2)35-26-19-13-11-9-7-5-6-8-10-12-14-22-29-23-17-18-25-33-29/h15-16,21,24,27,29H,3-14,17-20,22-23,25-26H2,1-2H3/p+1. The van der Waals surface area contributed by atoms with Gasteiger partial charge in [0.1, 0.15) is 5.75 Å². The Morgan fingerprint density at radius 3 is 2.26 bits per heavy atom. The Bertz CT molecular complexity index is 656. The monoisotopic (exact) mass is 505 g/mol. The summed E-state index contributed by atoms with van der Waals surface area (Å²) in [5.74, 6) is 0.965. The van der Waals surface area contributed by atoms with Crippen molar-refractivity contribution < 1.29 is 14.3 Å². The predicted octanol–water partition coefficient (Wildman–Crippen LogP) is 8.60. The maximum absolute atomic E-state index is 12.6. The maximum Gasteiger partial charge on any atom is 0.342 e. The van der Waals surface area contributed by atoms with Gasteiger partial charge in [0.25, 0.3) is 5.44 Å². The van der Waals surface area contributed by atoms with E-state index in [9.17, 15) is 4.79 Å². The molecule has 0 N–H and O–H groups in total. The van der Waals surface area contributed by atoms with Crippen LogP contribution in [0.4, 0.5) is 0 Å². The van der Waals surface area contributed by atoms with Crippen LogP contribution in [0.15, 0.2) is 24.3 Å². The summed E-state index contributed by atoms with van der Waals surface area (Å²) in [4.78, 5) is 12.6. The summed E-state index contributed by atoms with van der Waals surface area (Å²) < 4.78 is 11.6. The van der Waals surface area contributed by atoms with Crippen molar-refractivity contribution in [3.05, 3.63) is 35.4 Å². The second-order valence-electron chi connectivity index (χ2n) is 10.3. The van der Waals surface area contributed by atoms with Gasteiger partial charge in [0.2, 0.25) is 0 Å². The number of hydrogen-bond acceptors (Lipinski definition) is 3. The summed E-state index contributed by atoms with van der Waals surface area (Å²) in [6.07, 6.45) is 24.0. The van der Waals surface area contributed by atoms with E-state index in [0.29, 0.717) is 6.10 Å². The molecule has 3 nitrogen and oxygen atoms in total. The molecule has 1 heterocycles. The Morgan fingerprint density at radius 2 is 1.60 bits per heavy atom. The fraction of sp³-hybridized carbons (Fsp3) is 0.774. The lowest BCUT2D eigenvalue weighted by Gasteiger charge is -2.22. The highest BCUT2D eigenvalue weighted by Crippen LogP contribution is 2.19. The molecule has 1 aliphatic rings. The molecule has 1 aliphatic heterocycles. The van der Waals surface area contributed by atoms with E-state index in [4.69, 9.17) is 9.47 Å². The normalized spacial score (nSPS) is 16.8. The van der Waals surface area contributed by atoms with Gasteiger partial charge in [-0.1, -0.05) is 89.3 Å². The van der Waals surface area contributed by atoms with Crippen LogP contribution in [-0.4, -0.2) is 29.9 Å². The third-order valence-electron chi connectivity index (χ3n) is 7.16. The zero-order valence-corrected chi connectivity index (χ0v) is 23.7. The van der Waals surface area contributed by atoms with Gasteiger partial charge in [0, 0.05) is 25.3 Å². The number of rotatable bonds is 20. The smallest absolute Gasteiger partial charge is 0.342 e. The number of esters is 1. The summed E-state index contributed by atoms with van der Waals surface area (Å²) in [5.41, 5.74) is 1.84. The molecule has 200 valence electrons. The fourth-order valence-corrected chi connectivity index (χ4v) is 5.88. The van der Waals surface area contributed by atoms with E-state index >= 15 is 0 Å². The molecule has 1 saturated heterocycles. The van der Waals surface area contributed by atoms with Crippen LogP contribution in [0.5, 0.6) is 0 Å². The number of ether oxygens (including phenoxy) is 2. The Morgan fingerprint density at radius 1 is 0.943 bits per heavy atom. The predicted molar refractivity (Wildman–Crippen MR) is 153 cm³/mol. The molecule has 35 heavy (non-hydrogen) atoms. The minimum Gasteiger partial charge on any atom is -0.413 e. The zero-order valence-electron chi connectivity index (χ0n) is 22.8. The van der Waals surface area contributed by atoms with Gasteiger partial charge in [-0.25, -0.2) is 4.79 Å². The van der Waals surface area contributed by atoms with Crippen molar-refractivity contribution in [1.29, 1.82) is 0 Å². The van der Waals surface area contributed by atoms with Crippen molar-refractivity contribution >= 4 is 17.7 Å². The topological polar surface area (TPSA) is 35.5 Å². The molecule has 0 bridgehead atoms. The van der Waals surface area contributed by atoms with Gasteiger partial charge in [0.05, 0.1) is 11.7 Å². The third kappa shape index (κ3) is 14.4. The van der Waals surface area contributed by atoms with Crippen LogP contribution in [0.1, 0.15) is 139 Å². The Balaban J connectivity index is 1.37. The lowest BCUT2D eigenvalue weighted by Crippen LogP contribution is -2.19. The van der Waals surface area contributed by atoms with Crippen LogP contribution < -0.4 is 0 Å². The first kappa shape index (κ1) is 30.2. The molecule has 0 aliphatic carbocycles. The first-order chi connectivity index (χ1) is 17.2. The van der Waals surface area contributed by atoms with Gasteiger partial charge in [-0.05, 0) is 63.0 Å². The Kier molecular flexibility index (Phi) is 17.4. The number of thiol groups is 1. The summed E-state index contributed by atoms with van der Waals surface area (Å²) in [6.45, 7) is 5.20. The van der Waals surface area contributed by atoms with Gasteiger partial charge in [-0.2, -0.15) is 0 Å². The van der Waals surface area contributed by atoms with E-state index < -0.39 is 0 Å². The number of aryl methyl sites for hydroxylation is 1. The molecule has 4 heteroatoms. The molecule has 0 amide bonds. The fourth-order valence-electron chi connectivity index (χ4n) is 4.94. The zero-order chi connectivity index (χ0) is 25.0. The molecule has 2 rings (SSSR count). The molecule has 1 fully saturated rings. The van der Waals surface area contributed by atoms with Crippen molar-refractivity contribution in [2.24, 2.45) is 0 Å². The first-order valence-corrected chi connectivity index (χ1v) is 15.9. The minimum atomic E-state index is -0.157. The number of unbranched alkanes of at least 4 members (excludes halogenated alkanes) is 11. The summed E-state index contributed by atoms with van der Waals surface area (Å²) >= 11 is 1.23. The summed E-state index contributed by atoms with van der Waals surface area (Å²) in [7, 11) is 0. The number of carbonyl (C=O) groups excluding carboxylic acids is 1. The highest BCUT2D eigenvalue weighted by molar-refractivity contribution is 7.78. The first-order valence-electron chi connectivity index (χ1n) is 14.8. The van der Waals surface area contributed by atoms with Crippen molar-refractivity contribution in [1.82, 2.24) is 0 Å². The van der Waals surface area contributed by atoms with E-state index in [1.54, 1.807) is 0 Å². The molecule has 0 saturated carbocycles. The molecular formula is C31H53O3S+. The second-order valence-corrected chi connectivity index (χ2v) is 11.9. The third-order valence-corrected chi connectivity index (χ3v) is 8.35. The molecule has 0 spiro atoms. The lowest BCUT2D eigenvalue weighted by atomic mass is 10.0. The van der Waals surface area contributed by atoms with E-state index in [1.165, 1.54) is 108 Å². The van der Waals surface area contributed by atoms with Crippen LogP contribution >= 0.6 is 0 Å². The van der Waals surface area contributed by atoms with Crippen LogP contribution in [0.25, 0.3) is 0 Å². The van der Waals surface area contributed by atoms with E-state index in [2.05, 4.69) is 13.0 Å². The van der Waals surface area contributed by atoms with Crippen LogP contribution in [-0.2, 0) is 27.7 Å². The highest BCUT2D eigenvalue weighted by atomic mass is 32.2. The lowest BCUT2D eigenvalue weighted by molar-refractivity contribution is 0.00976. The van der Waals surface area contributed by atoms with Gasteiger partial charge in [0.15, 0.2) is 0 Å². The van der Waals surface area contributed by atoms with E-state index in [0.717, 1.165) is 42.7 Å². The number of hydrogen-bond donors (Lipinski definition) is 0. The average molecular weight is 506 g/mol. The van der Waals surface area contributed by atoms with Gasteiger partial charge >= 0.3 is 5.97 Å². The van der Waals surface area contributed by atoms with E-state index in [-0.39, 0.29) is 11.4 Å². The van der Waals surface area contributed by atoms with Crippen LogP contribution in [0.3, 0.4) is 0 Å². The minimum absolute atomic E-state index is 0.0306. The average Bonchev–Trinajstić information content (AvgIpc) is 2.88. The highest BCUT2D eigenvalue weighted by Gasteiger charge is 2.19. The maximum atomic E-state index is 12.6. The second kappa shape index (κ2) is 20.1. The summed E-state index contributed by atoms with van der Waals surface area (Å²) in [5, 5.41) is 0.